The molecule has 0 saturated carbocycles. The van der Waals surface area contributed by atoms with Crippen LogP contribution < -0.4 is 15.4 Å². The molecule has 0 aromatic heterocycles. The Hall–Kier alpha value is -2.20. The average Bonchev–Trinajstić information content (AvgIpc) is 2.53. The molecular weight excluding hydrogens is 312 g/mol. The Labute approximate surface area is 141 Å². The molecule has 2 N–H and O–H groups in total. The van der Waals surface area contributed by atoms with Gasteiger partial charge in [-0.3, -0.25) is 4.79 Å². The highest BCUT2D eigenvalue weighted by molar-refractivity contribution is 6.32. The second kappa shape index (κ2) is 7.88. The third-order valence-electron chi connectivity index (χ3n) is 3.47. The van der Waals surface area contributed by atoms with Crippen LogP contribution >= 0.6 is 11.6 Å². The molecular formula is C18H21ClN2O2. The number of halogens is 1. The van der Waals surface area contributed by atoms with Crippen LogP contribution in [0.1, 0.15) is 25.3 Å². The van der Waals surface area contributed by atoms with Crippen molar-refractivity contribution in [1.29, 1.82) is 0 Å². The van der Waals surface area contributed by atoms with E-state index >= 15 is 0 Å². The van der Waals surface area contributed by atoms with Crippen molar-refractivity contribution in [2.24, 2.45) is 0 Å². The first kappa shape index (κ1) is 17.2. The van der Waals surface area contributed by atoms with Crippen molar-refractivity contribution in [3.63, 3.8) is 0 Å². The Balaban J connectivity index is 1.94. The van der Waals surface area contributed by atoms with E-state index in [1.165, 1.54) is 5.56 Å². The van der Waals surface area contributed by atoms with Gasteiger partial charge in [0.25, 0.3) is 0 Å². The van der Waals surface area contributed by atoms with Crippen LogP contribution in [0.2, 0.25) is 5.02 Å². The number of carbonyl (C=O) groups excluding carboxylic acids is 1. The van der Waals surface area contributed by atoms with E-state index in [4.69, 9.17) is 16.3 Å². The summed E-state index contributed by atoms with van der Waals surface area (Å²) in [4.78, 5) is 12.0. The van der Waals surface area contributed by atoms with Gasteiger partial charge in [0.1, 0.15) is 0 Å². The predicted octanol–water partition coefficient (Wildman–Crippen LogP) is 4.52. The number of carbonyl (C=O) groups is 1. The monoisotopic (exact) mass is 332 g/mol. The molecule has 0 aliphatic rings. The summed E-state index contributed by atoms with van der Waals surface area (Å²) >= 11 is 6.05. The maximum Gasteiger partial charge on any atom is 0.243 e. The summed E-state index contributed by atoms with van der Waals surface area (Å²) in [6.45, 7) is 4.40. The lowest BCUT2D eigenvalue weighted by Gasteiger charge is -2.13. The zero-order valence-corrected chi connectivity index (χ0v) is 14.3. The number of benzene rings is 2. The highest BCUT2D eigenvalue weighted by atomic mass is 35.5. The van der Waals surface area contributed by atoms with Crippen molar-refractivity contribution in [3.8, 4) is 5.75 Å². The lowest BCUT2D eigenvalue weighted by molar-refractivity contribution is -0.114. The van der Waals surface area contributed by atoms with Gasteiger partial charge in [0.15, 0.2) is 5.75 Å². The smallest absolute Gasteiger partial charge is 0.243 e. The summed E-state index contributed by atoms with van der Waals surface area (Å²) in [7, 11) is 1.54. The molecule has 0 heterocycles. The highest BCUT2D eigenvalue weighted by Crippen LogP contribution is 2.32. The van der Waals surface area contributed by atoms with Gasteiger partial charge in [0, 0.05) is 5.69 Å². The number of hydrogen-bond donors (Lipinski definition) is 2. The lowest BCUT2D eigenvalue weighted by atomic mass is 10.0. The van der Waals surface area contributed by atoms with E-state index in [1.807, 2.05) is 30.3 Å². The summed E-state index contributed by atoms with van der Waals surface area (Å²) in [6, 6.07) is 13.2. The van der Waals surface area contributed by atoms with Crippen LogP contribution in [0.4, 0.5) is 11.4 Å². The van der Waals surface area contributed by atoms with Gasteiger partial charge in [-0.25, -0.2) is 0 Å². The third kappa shape index (κ3) is 4.63. The first-order valence-electron chi connectivity index (χ1n) is 7.47. The average molecular weight is 333 g/mol. The number of anilines is 2. The predicted molar refractivity (Wildman–Crippen MR) is 95.7 cm³/mol. The highest BCUT2D eigenvalue weighted by Gasteiger charge is 2.09. The molecule has 0 unspecified atom stereocenters. The summed E-state index contributed by atoms with van der Waals surface area (Å²) in [6.07, 6.45) is 0. The topological polar surface area (TPSA) is 50.4 Å². The van der Waals surface area contributed by atoms with E-state index in [1.54, 1.807) is 19.2 Å². The molecule has 0 spiro atoms. The summed E-state index contributed by atoms with van der Waals surface area (Å²) in [5.74, 6) is 0.865. The molecule has 0 atom stereocenters. The summed E-state index contributed by atoms with van der Waals surface area (Å²) in [5, 5.41) is 6.39. The Morgan fingerprint density at radius 2 is 1.87 bits per heavy atom. The second-order valence-electron chi connectivity index (χ2n) is 5.50. The van der Waals surface area contributed by atoms with E-state index < -0.39 is 0 Å². The maximum absolute atomic E-state index is 12.0. The molecule has 2 aromatic carbocycles. The number of methoxy groups -OCH3 is 1. The van der Waals surface area contributed by atoms with Crippen LogP contribution in [0.25, 0.3) is 0 Å². The van der Waals surface area contributed by atoms with Gasteiger partial charge in [0.05, 0.1) is 24.4 Å². The fourth-order valence-corrected chi connectivity index (χ4v) is 2.44. The number of ether oxygens (including phenoxy) is 1. The summed E-state index contributed by atoms with van der Waals surface area (Å²) < 4.78 is 5.24. The fraction of sp³-hybridized carbons (Fsp3) is 0.278. The number of rotatable bonds is 6. The minimum absolute atomic E-state index is 0.128. The van der Waals surface area contributed by atoms with Crippen molar-refractivity contribution in [3.05, 3.63) is 53.1 Å². The molecule has 2 aromatic rings. The van der Waals surface area contributed by atoms with E-state index in [0.29, 0.717) is 22.4 Å². The molecule has 2 rings (SSSR count). The van der Waals surface area contributed by atoms with Crippen LogP contribution in [0.5, 0.6) is 5.75 Å². The van der Waals surface area contributed by atoms with E-state index in [0.717, 1.165) is 5.69 Å². The van der Waals surface area contributed by atoms with Crippen molar-refractivity contribution in [2.45, 2.75) is 19.8 Å². The number of para-hydroxylation sites is 1. The quantitative estimate of drug-likeness (QED) is 0.817. The normalized spacial score (nSPS) is 10.5. The molecule has 23 heavy (non-hydrogen) atoms. The Kier molecular flexibility index (Phi) is 5.88. The Morgan fingerprint density at radius 1 is 1.17 bits per heavy atom. The number of hydrogen-bond acceptors (Lipinski definition) is 3. The van der Waals surface area contributed by atoms with Crippen LogP contribution in [-0.4, -0.2) is 19.6 Å². The Bertz CT molecular complexity index is 669. The minimum atomic E-state index is -0.135. The Morgan fingerprint density at radius 3 is 2.48 bits per heavy atom. The van der Waals surface area contributed by atoms with Crippen LogP contribution in [0, 0.1) is 0 Å². The molecule has 1 amide bonds. The zero-order chi connectivity index (χ0) is 16.8. The van der Waals surface area contributed by atoms with E-state index in [-0.39, 0.29) is 12.5 Å². The molecule has 122 valence electrons. The van der Waals surface area contributed by atoms with Crippen LogP contribution in [-0.2, 0) is 4.79 Å². The fourth-order valence-electron chi connectivity index (χ4n) is 2.19. The van der Waals surface area contributed by atoms with Gasteiger partial charge < -0.3 is 15.4 Å². The lowest BCUT2D eigenvalue weighted by Crippen LogP contribution is -2.22. The molecule has 0 bridgehead atoms. The van der Waals surface area contributed by atoms with Crippen LogP contribution in [0.15, 0.2) is 42.5 Å². The van der Waals surface area contributed by atoms with Gasteiger partial charge >= 0.3 is 0 Å². The van der Waals surface area contributed by atoms with E-state index in [9.17, 15) is 4.79 Å². The molecule has 4 nitrogen and oxygen atoms in total. The first-order valence-corrected chi connectivity index (χ1v) is 7.85. The molecule has 0 aliphatic carbocycles. The number of amides is 1. The van der Waals surface area contributed by atoms with Gasteiger partial charge in [-0.15, -0.1) is 0 Å². The van der Waals surface area contributed by atoms with Crippen LogP contribution in [0.3, 0.4) is 0 Å². The maximum atomic E-state index is 12.0. The van der Waals surface area contributed by atoms with Crippen molar-refractivity contribution in [2.75, 3.05) is 24.3 Å². The second-order valence-corrected chi connectivity index (χ2v) is 5.91. The van der Waals surface area contributed by atoms with Crippen molar-refractivity contribution >= 4 is 28.9 Å². The van der Waals surface area contributed by atoms with E-state index in [2.05, 4.69) is 24.5 Å². The third-order valence-corrected chi connectivity index (χ3v) is 3.77. The summed E-state index contributed by atoms with van der Waals surface area (Å²) in [5.41, 5.74) is 2.70. The standard InChI is InChI=1S/C18H21ClN2O2/c1-12(2)13-7-9-14(10-8-13)21-17(22)11-20-16-6-4-5-15(19)18(16)23-3/h4-10,12,20H,11H2,1-3H3,(H,21,22). The first-order chi connectivity index (χ1) is 11.0. The molecule has 0 aliphatic heterocycles. The number of nitrogens with one attached hydrogen (secondary N) is 2. The van der Waals surface area contributed by atoms with Gasteiger partial charge in [-0.1, -0.05) is 43.6 Å². The molecule has 0 fully saturated rings. The van der Waals surface area contributed by atoms with Crippen molar-refractivity contribution in [1.82, 2.24) is 0 Å². The largest absolute Gasteiger partial charge is 0.493 e. The molecule has 0 radical (unpaired) electrons. The SMILES string of the molecule is COc1c(Cl)cccc1NCC(=O)Nc1ccc(C(C)C)cc1. The van der Waals surface area contributed by atoms with Crippen molar-refractivity contribution < 1.29 is 9.53 Å². The zero-order valence-electron chi connectivity index (χ0n) is 13.5. The van der Waals surface area contributed by atoms with Gasteiger partial charge in [-0.05, 0) is 35.7 Å². The van der Waals surface area contributed by atoms with Gasteiger partial charge in [0.2, 0.25) is 5.91 Å². The molecule has 0 saturated heterocycles. The minimum Gasteiger partial charge on any atom is -0.493 e. The molecule has 5 heteroatoms. The van der Waals surface area contributed by atoms with Gasteiger partial charge in [-0.2, -0.15) is 0 Å².